The van der Waals surface area contributed by atoms with Gasteiger partial charge in [-0.3, -0.25) is 28.9 Å². The fourth-order valence-corrected chi connectivity index (χ4v) is 6.06. The van der Waals surface area contributed by atoms with E-state index in [0.717, 1.165) is 35.4 Å². The first-order valence-electron chi connectivity index (χ1n) is 14.3. The summed E-state index contributed by atoms with van der Waals surface area (Å²) in [5.74, 6) is 3.36. The van der Waals surface area contributed by atoms with Crippen molar-refractivity contribution in [1.29, 1.82) is 0 Å². The monoisotopic (exact) mass is 631 g/mol. The van der Waals surface area contributed by atoms with E-state index in [0.29, 0.717) is 19.4 Å². The van der Waals surface area contributed by atoms with Gasteiger partial charge in [0.2, 0.25) is 12.3 Å². The number of amides is 5. The van der Waals surface area contributed by atoms with Gasteiger partial charge in [0.15, 0.2) is 0 Å². The Morgan fingerprint density at radius 1 is 1.20 bits per heavy atom. The zero-order chi connectivity index (χ0) is 32.2. The van der Waals surface area contributed by atoms with E-state index in [4.69, 9.17) is 16.3 Å². The Labute approximate surface area is 260 Å². The van der Waals surface area contributed by atoms with Crippen molar-refractivity contribution in [3.63, 3.8) is 0 Å². The van der Waals surface area contributed by atoms with E-state index in [-0.39, 0.29) is 37.0 Å². The fraction of sp³-hybridized carbons (Fsp3) is 0.483. The van der Waals surface area contributed by atoms with E-state index in [1.807, 2.05) is 30.3 Å². The molecular weight excluding hydrogens is 590 g/mol. The van der Waals surface area contributed by atoms with Crippen molar-refractivity contribution >= 4 is 41.4 Å². The van der Waals surface area contributed by atoms with Crippen molar-refractivity contribution in [2.45, 2.75) is 50.8 Å². The summed E-state index contributed by atoms with van der Waals surface area (Å²) in [7, 11) is 1.49. The lowest BCUT2D eigenvalue weighted by Crippen LogP contribution is -2.54. The van der Waals surface area contributed by atoms with Crippen LogP contribution < -0.4 is 21.6 Å². The van der Waals surface area contributed by atoms with Crippen LogP contribution in [0.15, 0.2) is 54.4 Å². The highest BCUT2D eigenvalue weighted by atomic mass is 32.2. The molecule has 1 aromatic carbocycles. The fourth-order valence-electron chi connectivity index (χ4n) is 5.20. The molecule has 1 aromatic rings. The molecular formula is C29H41N7O7S. The van der Waals surface area contributed by atoms with Crippen LogP contribution in [0.3, 0.4) is 0 Å². The molecule has 240 valence electrons. The average Bonchev–Trinajstić information content (AvgIpc) is 3.59. The highest BCUT2D eigenvalue weighted by Gasteiger charge is 2.38. The van der Waals surface area contributed by atoms with Crippen molar-refractivity contribution in [2.24, 2.45) is 17.5 Å². The number of ether oxygens (including phenoxy) is 1. The molecule has 1 fully saturated rings. The third-order valence-corrected chi connectivity index (χ3v) is 8.57. The zero-order valence-electron chi connectivity index (χ0n) is 24.9. The molecule has 0 aromatic heterocycles. The van der Waals surface area contributed by atoms with Crippen molar-refractivity contribution in [3.05, 3.63) is 59.9 Å². The second-order valence-corrected chi connectivity index (χ2v) is 12.0. The van der Waals surface area contributed by atoms with Crippen LogP contribution in [0.2, 0.25) is 0 Å². The van der Waals surface area contributed by atoms with E-state index in [1.54, 1.807) is 11.8 Å². The Morgan fingerprint density at radius 2 is 1.89 bits per heavy atom. The highest BCUT2D eigenvalue weighted by molar-refractivity contribution is 7.90. The molecule has 5 amide bonds. The van der Waals surface area contributed by atoms with Gasteiger partial charge in [-0.05, 0) is 18.4 Å². The summed E-state index contributed by atoms with van der Waals surface area (Å²) in [6.07, 6.45) is 5.89. The predicted octanol–water partition coefficient (Wildman–Crippen LogP) is -0.943. The number of hydrogen-bond donors (Lipinski definition) is 4. The minimum absolute atomic E-state index is 0.0670. The van der Waals surface area contributed by atoms with Crippen LogP contribution in [0.5, 0.6) is 0 Å². The lowest BCUT2D eigenvalue weighted by Gasteiger charge is -2.32. The van der Waals surface area contributed by atoms with Gasteiger partial charge in [-0.25, -0.2) is 5.84 Å². The van der Waals surface area contributed by atoms with Gasteiger partial charge in [0, 0.05) is 57.1 Å². The molecule has 2 heterocycles. The number of imide groups is 1. The Morgan fingerprint density at radius 3 is 2.52 bits per heavy atom. The van der Waals surface area contributed by atoms with E-state index in [2.05, 4.69) is 10.0 Å². The number of likely N-dealkylation sites (tertiary alicyclic amines) is 1. The molecule has 4 unspecified atom stereocenters. The van der Waals surface area contributed by atoms with Gasteiger partial charge in [-0.2, -0.15) is 4.72 Å². The van der Waals surface area contributed by atoms with E-state index in [9.17, 15) is 28.5 Å². The number of methoxy groups -OCH3 is 1. The maximum atomic E-state index is 13.3. The Kier molecular flexibility index (Phi) is 13.2. The van der Waals surface area contributed by atoms with Crippen LogP contribution in [0.4, 0.5) is 0 Å². The van der Waals surface area contributed by atoms with Crippen LogP contribution in [0.1, 0.15) is 31.7 Å². The topological polar surface area (TPSA) is 203 Å². The van der Waals surface area contributed by atoms with Crippen molar-refractivity contribution in [1.82, 2.24) is 24.8 Å². The molecule has 2 aliphatic heterocycles. The number of hydrogen-bond acceptors (Lipinski definition) is 10. The zero-order valence-corrected chi connectivity index (χ0v) is 25.7. The number of hydrazine groups is 1. The molecule has 5 atom stereocenters. The minimum Gasteiger partial charge on any atom is -0.593 e. The minimum atomic E-state index is -1.78. The average molecular weight is 632 g/mol. The molecule has 2 aliphatic rings. The smallest absolute Gasteiger partial charge is 0.283 e. The Balaban J connectivity index is 1.55. The summed E-state index contributed by atoms with van der Waals surface area (Å²) in [5, 5.41) is 4.04. The van der Waals surface area contributed by atoms with Crippen LogP contribution >= 0.6 is 0 Å². The molecule has 0 aliphatic carbocycles. The number of nitrogens with zero attached hydrogens (tertiary/aromatic N) is 3. The highest BCUT2D eigenvalue weighted by Crippen LogP contribution is 2.25. The van der Waals surface area contributed by atoms with Gasteiger partial charge in [0.1, 0.15) is 11.8 Å². The summed E-state index contributed by atoms with van der Waals surface area (Å²) < 4.78 is 20.9. The number of nitrogens with one attached hydrogen (secondary N) is 2. The summed E-state index contributed by atoms with van der Waals surface area (Å²) in [5.41, 5.74) is 6.88. The molecule has 3 rings (SSSR count). The number of benzene rings is 1. The van der Waals surface area contributed by atoms with Gasteiger partial charge in [0.25, 0.3) is 17.7 Å². The van der Waals surface area contributed by atoms with Crippen LogP contribution in [-0.2, 0) is 46.5 Å². The first-order chi connectivity index (χ1) is 21.0. The van der Waals surface area contributed by atoms with E-state index < -0.39 is 53.1 Å². The Bertz CT molecular complexity index is 1210. The maximum absolute atomic E-state index is 13.3. The first kappa shape index (κ1) is 34.6. The van der Waals surface area contributed by atoms with Crippen molar-refractivity contribution in [2.75, 3.05) is 32.5 Å². The van der Waals surface area contributed by atoms with Crippen molar-refractivity contribution < 1.29 is 33.3 Å². The van der Waals surface area contributed by atoms with E-state index >= 15 is 0 Å². The second-order valence-electron chi connectivity index (χ2n) is 10.7. The predicted molar refractivity (Wildman–Crippen MR) is 163 cm³/mol. The molecule has 0 bridgehead atoms. The third-order valence-electron chi connectivity index (χ3n) is 7.48. The van der Waals surface area contributed by atoms with Crippen molar-refractivity contribution in [3.8, 4) is 0 Å². The largest absolute Gasteiger partial charge is 0.593 e. The van der Waals surface area contributed by atoms with Gasteiger partial charge in [0.05, 0.1) is 36.0 Å². The third kappa shape index (κ3) is 9.80. The normalized spacial score (nSPS) is 19.5. The van der Waals surface area contributed by atoms with Gasteiger partial charge < -0.3 is 30.2 Å². The number of nitrogens with two attached hydrogens (primary N) is 2. The van der Waals surface area contributed by atoms with Gasteiger partial charge >= 0.3 is 0 Å². The lowest BCUT2D eigenvalue weighted by molar-refractivity contribution is -0.136. The molecule has 44 heavy (non-hydrogen) atoms. The quantitative estimate of drug-likeness (QED) is 0.0546. The standard InChI is InChI=1S/C29H41N7O7S/c1-20(27(43-2)24-10-6-13-34(24)19-37)28(40)32-23(16-21-8-4-3-5-9-21)29(41)33-44(42)15-7-14-35(31)17-22(30)18-36-25(38)11-12-26(36)39/h3-5,8-9,11-12,17,19-20,23-24,27H,6-7,10,13-16,18,30-31H2,1-2H3,(H,32,40)(H,33,41)/b22-17-/t20?,23-,24?,27?,44?/m0/s1. The first-order valence-corrected chi connectivity index (χ1v) is 15.6. The molecule has 1 saturated heterocycles. The SMILES string of the molecule is COC(C(C)C(=O)N[C@@H](Cc1ccccc1)C(=O)N[S+]([O-])CCCN(N)/C=C(\N)CN1C(=O)C=CC1=O)C1CCCN1C=O. The lowest BCUT2D eigenvalue weighted by atomic mass is 9.94. The molecule has 14 nitrogen and oxygen atoms in total. The van der Waals surface area contributed by atoms with Crippen LogP contribution in [0.25, 0.3) is 0 Å². The molecule has 0 spiro atoms. The number of carbonyl (C=O) groups excluding carboxylic acids is 5. The molecule has 6 N–H and O–H groups in total. The molecule has 0 radical (unpaired) electrons. The number of rotatable bonds is 17. The molecule has 0 saturated carbocycles. The summed E-state index contributed by atoms with van der Waals surface area (Å²) in [4.78, 5) is 64.0. The summed E-state index contributed by atoms with van der Waals surface area (Å²) in [6.45, 7) is 2.39. The molecule has 15 heteroatoms. The van der Waals surface area contributed by atoms with Gasteiger partial charge in [-0.1, -0.05) is 37.3 Å². The summed E-state index contributed by atoms with van der Waals surface area (Å²) in [6, 6.07) is 7.86. The van der Waals surface area contributed by atoms with E-state index in [1.165, 1.54) is 18.3 Å². The van der Waals surface area contributed by atoms with Gasteiger partial charge in [-0.15, -0.1) is 0 Å². The Hall–Kier alpha value is -3.92. The summed E-state index contributed by atoms with van der Waals surface area (Å²) >= 11 is -1.78. The van der Waals surface area contributed by atoms with Crippen LogP contribution in [-0.4, -0.2) is 100 Å². The number of carbonyl (C=O) groups is 5. The van der Waals surface area contributed by atoms with Crippen LogP contribution in [0, 0.1) is 5.92 Å². The second kappa shape index (κ2) is 16.8. The maximum Gasteiger partial charge on any atom is 0.283 e.